The number of carbonyl (C=O) groups is 1. The number of aliphatic hydroxyl groups is 1. The number of carbonyl (C=O) groups excluding carboxylic acids is 1. The fourth-order valence-corrected chi connectivity index (χ4v) is 2.55. The molecular formula is C13H15Cl2NO2. The summed E-state index contributed by atoms with van der Waals surface area (Å²) in [4.78, 5) is 12.1. The highest BCUT2D eigenvalue weighted by Crippen LogP contribution is 2.26. The first-order valence-electron chi connectivity index (χ1n) is 6.01. The van der Waals surface area contributed by atoms with E-state index < -0.39 is 0 Å². The van der Waals surface area contributed by atoms with Crippen molar-refractivity contribution in [3.63, 3.8) is 0 Å². The lowest BCUT2D eigenvalue weighted by Gasteiger charge is -2.26. The lowest BCUT2D eigenvalue weighted by atomic mass is 9.93. The lowest BCUT2D eigenvalue weighted by molar-refractivity contribution is 0.0868. The molecule has 0 unspecified atom stereocenters. The lowest BCUT2D eigenvalue weighted by Crippen LogP contribution is -2.38. The summed E-state index contributed by atoms with van der Waals surface area (Å²) in [6.45, 7) is 0. The fourth-order valence-electron chi connectivity index (χ4n) is 2.16. The van der Waals surface area contributed by atoms with Gasteiger partial charge in [0, 0.05) is 6.04 Å². The Morgan fingerprint density at radius 2 is 1.89 bits per heavy atom. The maximum atomic E-state index is 12.1. The molecule has 0 aromatic heterocycles. The molecule has 2 rings (SSSR count). The second kappa shape index (κ2) is 5.91. The van der Waals surface area contributed by atoms with Crippen molar-refractivity contribution >= 4 is 29.1 Å². The van der Waals surface area contributed by atoms with E-state index in [-0.39, 0.29) is 23.1 Å². The van der Waals surface area contributed by atoms with Crippen LogP contribution in [0, 0.1) is 0 Å². The van der Waals surface area contributed by atoms with Crippen molar-refractivity contribution in [2.24, 2.45) is 0 Å². The minimum atomic E-state index is -0.229. The summed E-state index contributed by atoms with van der Waals surface area (Å²) in [7, 11) is 0. The van der Waals surface area contributed by atoms with Crippen LogP contribution in [-0.4, -0.2) is 23.2 Å². The minimum absolute atomic E-state index is 0.107. The summed E-state index contributed by atoms with van der Waals surface area (Å²) in [6, 6.07) is 5.11. The van der Waals surface area contributed by atoms with E-state index in [1.54, 1.807) is 18.2 Å². The van der Waals surface area contributed by atoms with Gasteiger partial charge in [-0.25, -0.2) is 0 Å². The van der Waals surface area contributed by atoms with E-state index in [9.17, 15) is 9.90 Å². The van der Waals surface area contributed by atoms with Gasteiger partial charge in [-0.2, -0.15) is 0 Å². The molecule has 1 aromatic rings. The number of halogens is 2. The second-order valence-electron chi connectivity index (χ2n) is 4.58. The quantitative estimate of drug-likeness (QED) is 0.878. The van der Waals surface area contributed by atoms with Crippen LogP contribution in [0.5, 0.6) is 0 Å². The molecule has 1 amide bonds. The molecule has 2 N–H and O–H groups in total. The molecule has 0 atom stereocenters. The zero-order valence-corrected chi connectivity index (χ0v) is 11.3. The predicted molar refractivity (Wildman–Crippen MR) is 72.2 cm³/mol. The highest BCUT2D eigenvalue weighted by Gasteiger charge is 2.22. The summed E-state index contributed by atoms with van der Waals surface area (Å²) < 4.78 is 0. The molecular weight excluding hydrogens is 273 g/mol. The summed E-state index contributed by atoms with van der Waals surface area (Å²) in [6.07, 6.45) is 2.83. The molecule has 0 radical (unpaired) electrons. The van der Waals surface area contributed by atoms with Crippen molar-refractivity contribution in [3.05, 3.63) is 33.8 Å². The molecule has 18 heavy (non-hydrogen) atoms. The van der Waals surface area contributed by atoms with E-state index in [0.29, 0.717) is 10.6 Å². The fraction of sp³-hybridized carbons (Fsp3) is 0.462. The maximum absolute atomic E-state index is 12.1. The third-order valence-corrected chi connectivity index (χ3v) is 4.05. The summed E-state index contributed by atoms with van der Waals surface area (Å²) in [5.41, 5.74) is 0.398. The van der Waals surface area contributed by atoms with Crippen molar-refractivity contribution in [3.8, 4) is 0 Å². The largest absolute Gasteiger partial charge is 0.393 e. The third kappa shape index (κ3) is 3.16. The Morgan fingerprint density at radius 1 is 1.22 bits per heavy atom. The molecule has 0 saturated heterocycles. The van der Waals surface area contributed by atoms with Gasteiger partial charge in [-0.05, 0) is 37.8 Å². The van der Waals surface area contributed by atoms with Gasteiger partial charge < -0.3 is 10.4 Å². The molecule has 0 bridgehead atoms. The van der Waals surface area contributed by atoms with Crippen molar-refractivity contribution in [1.82, 2.24) is 5.32 Å². The SMILES string of the molecule is O=C(NC1CCC(O)CC1)c1cccc(Cl)c1Cl. The van der Waals surface area contributed by atoms with Gasteiger partial charge in [-0.1, -0.05) is 29.3 Å². The number of rotatable bonds is 2. The number of aliphatic hydroxyl groups excluding tert-OH is 1. The topological polar surface area (TPSA) is 49.3 Å². The van der Waals surface area contributed by atoms with Crippen LogP contribution in [-0.2, 0) is 0 Å². The number of nitrogens with one attached hydrogen (secondary N) is 1. The van der Waals surface area contributed by atoms with Gasteiger partial charge >= 0.3 is 0 Å². The van der Waals surface area contributed by atoms with E-state index in [1.807, 2.05) is 0 Å². The zero-order chi connectivity index (χ0) is 13.1. The van der Waals surface area contributed by atoms with Gasteiger partial charge in [0.25, 0.3) is 5.91 Å². The number of amides is 1. The Kier molecular flexibility index (Phi) is 4.49. The van der Waals surface area contributed by atoms with Gasteiger partial charge in [0.05, 0.1) is 21.7 Å². The molecule has 1 saturated carbocycles. The van der Waals surface area contributed by atoms with E-state index >= 15 is 0 Å². The average Bonchev–Trinajstić information content (AvgIpc) is 2.35. The predicted octanol–water partition coefficient (Wildman–Crippen LogP) is 3.03. The van der Waals surface area contributed by atoms with Crippen LogP contribution in [0.4, 0.5) is 0 Å². The monoisotopic (exact) mass is 287 g/mol. The van der Waals surface area contributed by atoms with Crippen molar-refractivity contribution in [2.75, 3.05) is 0 Å². The molecule has 3 nitrogen and oxygen atoms in total. The Labute approximate surface area is 116 Å². The summed E-state index contributed by atoms with van der Waals surface area (Å²) in [5.74, 6) is -0.205. The smallest absolute Gasteiger partial charge is 0.253 e. The Bertz CT molecular complexity index is 443. The van der Waals surface area contributed by atoms with Crippen LogP contribution in [0.25, 0.3) is 0 Å². The minimum Gasteiger partial charge on any atom is -0.393 e. The molecule has 1 aromatic carbocycles. The molecule has 0 spiro atoms. The van der Waals surface area contributed by atoms with Gasteiger partial charge in [-0.3, -0.25) is 4.79 Å². The molecule has 0 aliphatic heterocycles. The third-order valence-electron chi connectivity index (χ3n) is 3.23. The van der Waals surface area contributed by atoms with Crippen molar-refractivity contribution < 1.29 is 9.90 Å². The van der Waals surface area contributed by atoms with Crippen molar-refractivity contribution in [1.29, 1.82) is 0 Å². The van der Waals surface area contributed by atoms with Crippen LogP contribution in [0.1, 0.15) is 36.0 Å². The molecule has 0 heterocycles. The molecule has 5 heteroatoms. The number of benzene rings is 1. The zero-order valence-electron chi connectivity index (χ0n) is 9.83. The van der Waals surface area contributed by atoms with Gasteiger partial charge in [0.1, 0.15) is 0 Å². The van der Waals surface area contributed by atoms with E-state index in [2.05, 4.69) is 5.32 Å². The Hall–Kier alpha value is -0.770. The van der Waals surface area contributed by atoms with Crippen molar-refractivity contribution in [2.45, 2.75) is 37.8 Å². The van der Waals surface area contributed by atoms with E-state index in [4.69, 9.17) is 23.2 Å². The number of hydrogen-bond donors (Lipinski definition) is 2. The Balaban J connectivity index is 2.01. The van der Waals surface area contributed by atoms with Gasteiger partial charge in [0.15, 0.2) is 0 Å². The molecule has 1 aliphatic carbocycles. The van der Waals surface area contributed by atoms with E-state index in [0.717, 1.165) is 25.7 Å². The van der Waals surface area contributed by atoms with Crippen LogP contribution >= 0.6 is 23.2 Å². The van der Waals surface area contributed by atoms with Crippen LogP contribution in [0.15, 0.2) is 18.2 Å². The molecule has 1 aliphatic rings. The Morgan fingerprint density at radius 3 is 2.56 bits per heavy atom. The van der Waals surface area contributed by atoms with Crippen LogP contribution < -0.4 is 5.32 Å². The molecule has 98 valence electrons. The summed E-state index contributed by atoms with van der Waals surface area (Å²) in [5, 5.41) is 13.0. The van der Waals surface area contributed by atoms with E-state index in [1.165, 1.54) is 0 Å². The average molecular weight is 288 g/mol. The maximum Gasteiger partial charge on any atom is 0.253 e. The normalized spacial score (nSPS) is 23.7. The first-order chi connectivity index (χ1) is 8.58. The van der Waals surface area contributed by atoms with Crippen LogP contribution in [0.2, 0.25) is 10.0 Å². The first-order valence-corrected chi connectivity index (χ1v) is 6.76. The second-order valence-corrected chi connectivity index (χ2v) is 5.37. The van der Waals surface area contributed by atoms with Gasteiger partial charge in [0.2, 0.25) is 0 Å². The van der Waals surface area contributed by atoms with Gasteiger partial charge in [-0.15, -0.1) is 0 Å². The number of hydrogen-bond acceptors (Lipinski definition) is 2. The molecule has 1 fully saturated rings. The highest BCUT2D eigenvalue weighted by molar-refractivity contribution is 6.43. The van der Waals surface area contributed by atoms with Crippen LogP contribution in [0.3, 0.4) is 0 Å². The first kappa shape index (κ1) is 13.7. The standard InChI is InChI=1S/C13H15Cl2NO2/c14-11-3-1-2-10(12(11)15)13(18)16-8-4-6-9(17)7-5-8/h1-3,8-9,17H,4-7H2,(H,16,18). The highest BCUT2D eigenvalue weighted by atomic mass is 35.5. The summed E-state index contributed by atoms with van der Waals surface area (Å²) >= 11 is 11.9.